The molecule has 0 fully saturated rings. The Morgan fingerprint density at radius 1 is 1.29 bits per heavy atom. The van der Waals surface area contributed by atoms with Crippen molar-refractivity contribution in [2.75, 3.05) is 0 Å². The molecule has 5 heteroatoms. The predicted octanol–water partition coefficient (Wildman–Crippen LogP) is 2.81. The van der Waals surface area contributed by atoms with Crippen LogP contribution in [-0.4, -0.2) is 14.7 Å². The molecule has 2 aromatic rings. The number of nitro benzene ring substituents is 1. The van der Waals surface area contributed by atoms with E-state index in [-0.39, 0.29) is 5.69 Å². The normalized spacial score (nSPS) is 10.9. The molecule has 0 radical (unpaired) electrons. The van der Waals surface area contributed by atoms with Gasteiger partial charge in [-0.15, -0.1) is 0 Å². The highest BCUT2D eigenvalue weighted by Crippen LogP contribution is 2.15. The van der Waals surface area contributed by atoms with Crippen molar-refractivity contribution in [1.29, 1.82) is 0 Å². The highest BCUT2D eigenvalue weighted by Gasteiger charge is 2.05. The number of nitro groups is 1. The van der Waals surface area contributed by atoms with Gasteiger partial charge in [0.05, 0.1) is 16.3 Å². The largest absolute Gasteiger partial charge is 0.269 e. The quantitative estimate of drug-likeness (QED) is 0.600. The molecule has 0 N–H and O–H groups in total. The molecule has 5 nitrogen and oxygen atoms in total. The van der Waals surface area contributed by atoms with Gasteiger partial charge >= 0.3 is 0 Å². The smallest absolute Gasteiger partial charge is 0.258 e. The minimum Gasteiger partial charge on any atom is -0.258 e. The van der Waals surface area contributed by atoms with Crippen molar-refractivity contribution >= 4 is 11.8 Å². The molecule has 17 heavy (non-hydrogen) atoms. The zero-order valence-electron chi connectivity index (χ0n) is 9.28. The Bertz CT molecular complexity index is 555. The Kier molecular flexibility index (Phi) is 3.00. The number of non-ortho nitro benzene ring substituents is 1. The van der Waals surface area contributed by atoms with Crippen molar-refractivity contribution in [3.05, 3.63) is 58.4 Å². The first-order chi connectivity index (χ1) is 8.20. The minimum atomic E-state index is -0.419. The number of hydrogen-bond acceptors (Lipinski definition) is 3. The second kappa shape index (κ2) is 4.61. The topological polar surface area (TPSA) is 61.0 Å². The van der Waals surface area contributed by atoms with E-state index >= 15 is 0 Å². The second-order valence-electron chi connectivity index (χ2n) is 3.46. The van der Waals surface area contributed by atoms with Crippen molar-refractivity contribution in [2.24, 2.45) is 0 Å². The van der Waals surface area contributed by atoms with Gasteiger partial charge in [0.2, 0.25) is 0 Å². The van der Waals surface area contributed by atoms with Crippen LogP contribution in [0.5, 0.6) is 0 Å². The molecule has 0 spiro atoms. The lowest BCUT2D eigenvalue weighted by Gasteiger charge is -1.99. The molecule has 86 valence electrons. The molecule has 0 bridgehead atoms. The number of aromatic nitrogens is 2. The molecule has 0 aliphatic carbocycles. The molecule has 0 saturated heterocycles. The van der Waals surface area contributed by atoms with Gasteiger partial charge in [0.1, 0.15) is 0 Å². The Labute approximate surface area is 98.2 Å². The minimum absolute atomic E-state index is 0.0783. The molecular weight excluding hydrogens is 218 g/mol. The van der Waals surface area contributed by atoms with Crippen LogP contribution >= 0.6 is 0 Å². The molecule has 1 heterocycles. The number of allylic oxidation sites excluding steroid dienone is 1. The summed E-state index contributed by atoms with van der Waals surface area (Å²) in [6, 6.07) is 8.15. The summed E-state index contributed by atoms with van der Waals surface area (Å²) >= 11 is 0. The van der Waals surface area contributed by atoms with Crippen LogP contribution in [0.4, 0.5) is 5.69 Å². The first-order valence-electron chi connectivity index (χ1n) is 5.14. The van der Waals surface area contributed by atoms with Crippen molar-refractivity contribution in [3.63, 3.8) is 0 Å². The Morgan fingerprint density at radius 3 is 2.59 bits per heavy atom. The third-order valence-corrected chi connectivity index (χ3v) is 2.27. The van der Waals surface area contributed by atoms with E-state index in [1.807, 2.05) is 31.3 Å². The molecule has 2 rings (SSSR count). The second-order valence-corrected chi connectivity index (χ2v) is 3.46. The van der Waals surface area contributed by atoms with E-state index in [1.54, 1.807) is 16.8 Å². The molecule has 1 aromatic carbocycles. The maximum absolute atomic E-state index is 10.5. The van der Waals surface area contributed by atoms with Crippen LogP contribution < -0.4 is 0 Å². The third-order valence-electron chi connectivity index (χ3n) is 2.27. The molecule has 0 saturated carbocycles. The summed E-state index contributed by atoms with van der Waals surface area (Å²) < 4.78 is 1.68. The van der Waals surface area contributed by atoms with E-state index in [1.165, 1.54) is 12.1 Å². The standard InChI is InChI=1S/C12H11N3O2/c1-2-3-10-8-9-14(13-10)11-4-6-12(7-5-11)15(16)17/h2-9H,1H3/b3-2+. The van der Waals surface area contributed by atoms with Gasteiger partial charge in [-0.25, -0.2) is 4.68 Å². The fourth-order valence-electron chi connectivity index (χ4n) is 1.47. The van der Waals surface area contributed by atoms with Crippen LogP contribution in [0.3, 0.4) is 0 Å². The summed E-state index contributed by atoms with van der Waals surface area (Å²) in [6.45, 7) is 1.92. The number of rotatable bonds is 3. The van der Waals surface area contributed by atoms with Gasteiger partial charge in [-0.2, -0.15) is 5.10 Å². The fraction of sp³-hybridized carbons (Fsp3) is 0.0833. The lowest BCUT2D eigenvalue weighted by Crippen LogP contribution is -1.95. The molecule has 0 aliphatic heterocycles. The molecule has 0 aliphatic rings. The zero-order valence-corrected chi connectivity index (χ0v) is 9.28. The van der Waals surface area contributed by atoms with Crippen LogP contribution in [0.1, 0.15) is 12.6 Å². The summed E-state index contributed by atoms with van der Waals surface area (Å²) in [5, 5.41) is 14.8. The molecule has 0 amide bonds. The molecular formula is C12H11N3O2. The highest BCUT2D eigenvalue weighted by atomic mass is 16.6. The van der Waals surface area contributed by atoms with Gasteiger partial charge in [0.25, 0.3) is 5.69 Å². The van der Waals surface area contributed by atoms with E-state index in [0.717, 1.165) is 11.4 Å². The van der Waals surface area contributed by atoms with Crippen LogP contribution in [0.2, 0.25) is 0 Å². The summed E-state index contributed by atoms with van der Waals surface area (Å²) in [4.78, 5) is 10.1. The Hall–Kier alpha value is -2.43. The number of benzene rings is 1. The van der Waals surface area contributed by atoms with Crippen molar-refractivity contribution in [2.45, 2.75) is 6.92 Å². The maximum Gasteiger partial charge on any atom is 0.269 e. The Balaban J connectivity index is 2.29. The van der Waals surface area contributed by atoms with Gasteiger partial charge in [-0.05, 0) is 31.2 Å². The summed E-state index contributed by atoms with van der Waals surface area (Å²) in [5.74, 6) is 0. The van der Waals surface area contributed by atoms with Crippen LogP contribution in [0.15, 0.2) is 42.6 Å². The van der Waals surface area contributed by atoms with E-state index < -0.39 is 4.92 Å². The average Bonchev–Trinajstić information content (AvgIpc) is 2.78. The maximum atomic E-state index is 10.5. The molecule has 0 unspecified atom stereocenters. The van der Waals surface area contributed by atoms with E-state index in [0.29, 0.717) is 0 Å². The first kappa shape index (κ1) is 11.1. The third kappa shape index (κ3) is 2.39. The average molecular weight is 229 g/mol. The van der Waals surface area contributed by atoms with Crippen LogP contribution in [0.25, 0.3) is 11.8 Å². The predicted molar refractivity (Wildman–Crippen MR) is 64.9 cm³/mol. The number of hydrogen-bond donors (Lipinski definition) is 0. The van der Waals surface area contributed by atoms with Crippen LogP contribution in [0, 0.1) is 10.1 Å². The Morgan fingerprint density at radius 2 is 2.00 bits per heavy atom. The SMILES string of the molecule is C/C=C/c1ccn(-c2ccc([N+](=O)[O-])cc2)n1. The lowest BCUT2D eigenvalue weighted by atomic mass is 10.3. The van der Waals surface area contributed by atoms with Gasteiger partial charge in [0.15, 0.2) is 0 Å². The van der Waals surface area contributed by atoms with E-state index in [2.05, 4.69) is 5.10 Å². The van der Waals surface area contributed by atoms with Gasteiger partial charge in [-0.3, -0.25) is 10.1 Å². The van der Waals surface area contributed by atoms with Crippen LogP contribution in [-0.2, 0) is 0 Å². The van der Waals surface area contributed by atoms with Gasteiger partial charge < -0.3 is 0 Å². The monoisotopic (exact) mass is 229 g/mol. The highest BCUT2D eigenvalue weighted by molar-refractivity contribution is 5.45. The molecule has 0 atom stereocenters. The summed E-state index contributed by atoms with van der Waals surface area (Å²) in [5.41, 5.74) is 1.73. The van der Waals surface area contributed by atoms with E-state index in [4.69, 9.17) is 0 Å². The van der Waals surface area contributed by atoms with Gasteiger partial charge in [-0.1, -0.05) is 6.08 Å². The van der Waals surface area contributed by atoms with Crippen molar-refractivity contribution < 1.29 is 4.92 Å². The summed E-state index contributed by atoms with van der Waals surface area (Å²) in [7, 11) is 0. The van der Waals surface area contributed by atoms with Gasteiger partial charge in [0, 0.05) is 18.3 Å². The molecule has 1 aromatic heterocycles. The fourth-order valence-corrected chi connectivity index (χ4v) is 1.47. The lowest BCUT2D eigenvalue weighted by molar-refractivity contribution is -0.384. The van der Waals surface area contributed by atoms with E-state index in [9.17, 15) is 10.1 Å². The zero-order chi connectivity index (χ0) is 12.3. The van der Waals surface area contributed by atoms with Crippen molar-refractivity contribution in [3.8, 4) is 5.69 Å². The first-order valence-corrected chi connectivity index (χ1v) is 5.14. The number of nitrogens with zero attached hydrogens (tertiary/aromatic N) is 3. The van der Waals surface area contributed by atoms with Crippen molar-refractivity contribution in [1.82, 2.24) is 9.78 Å². The summed E-state index contributed by atoms with van der Waals surface area (Å²) in [6.07, 6.45) is 5.61.